The van der Waals surface area contributed by atoms with Crippen molar-refractivity contribution in [3.63, 3.8) is 0 Å². The fourth-order valence-corrected chi connectivity index (χ4v) is 2.86. The van der Waals surface area contributed by atoms with Gasteiger partial charge in [0.2, 0.25) is 0 Å². The zero-order valence-corrected chi connectivity index (χ0v) is 14.8. The zero-order valence-electron chi connectivity index (χ0n) is 13.3. The lowest BCUT2D eigenvalue weighted by atomic mass is 10.1. The molecule has 128 valence electrons. The van der Waals surface area contributed by atoms with E-state index in [1.165, 1.54) is 23.1 Å². The number of carbonyl (C=O) groups is 1. The number of halogens is 3. The van der Waals surface area contributed by atoms with Crippen LogP contribution in [0.5, 0.6) is 0 Å². The van der Waals surface area contributed by atoms with Crippen LogP contribution < -0.4 is 5.32 Å². The number of carbonyl (C=O) groups excluding carboxylic acids is 1. The monoisotopic (exact) mass is 377 g/mol. The van der Waals surface area contributed by atoms with E-state index in [-0.39, 0.29) is 11.1 Å². The lowest BCUT2D eigenvalue weighted by Gasteiger charge is -2.19. The van der Waals surface area contributed by atoms with Crippen LogP contribution in [0.4, 0.5) is 14.9 Å². The summed E-state index contributed by atoms with van der Waals surface area (Å²) in [6, 6.07) is 11.3. The molecule has 1 aromatic heterocycles. The van der Waals surface area contributed by atoms with Crippen molar-refractivity contribution in [2.45, 2.75) is 6.54 Å². The molecule has 0 atom stereocenters. The van der Waals surface area contributed by atoms with Gasteiger partial charge in [-0.3, -0.25) is 0 Å². The molecule has 0 aliphatic heterocycles. The minimum Gasteiger partial charge on any atom is -0.323 e. The number of rotatable bonds is 3. The second-order valence-electron chi connectivity index (χ2n) is 5.53. The molecule has 7 heteroatoms. The van der Waals surface area contributed by atoms with Crippen molar-refractivity contribution in [1.82, 2.24) is 9.88 Å². The molecule has 2 aromatic carbocycles. The second kappa shape index (κ2) is 7.25. The van der Waals surface area contributed by atoms with E-state index in [0.29, 0.717) is 17.4 Å². The van der Waals surface area contributed by atoms with Crippen LogP contribution in [0, 0.1) is 5.82 Å². The number of amides is 2. The van der Waals surface area contributed by atoms with Gasteiger partial charge in [-0.05, 0) is 29.1 Å². The Labute approximate surface area is 154 Å². The van der Waals surface area contributed by atoms with Gasteiger partial charge in [0.15, 0.2) is 0 Å². The Morgan fingerprint density at radius 2 is 1.92 bits per heavy atom. The molecule has 0 unspecified atom stereocenters. The number of aromatic nitrogens is 1. The van der Waals surface area contributed by atoms with Crippen molar-refractivity contribution in [3.8, 4) is 0 Å². The minimum absolute atomic E-state index is 0.0478. The smallest absolute Gasteiger partial charge is 0.321 e. The van der Waals surface area contributed by atoms with Gasteiger partial charge in [-0.2, -0.15) is 0 Å². The minimum atomic E-state index is -0.535. The molecule has 1 N–H and O–H groups in total. The molecular weight excluding hydrogens is 364 g/mol. The van der Waals surface area contributed by atoms with E-state index < -0.39 is 5.82 Å². The number of nitrogens with zero attached hydrogens (tertiary/aromatic N) is 2. The molecule has 1 heterocycles. The Hall–Kier alpha value is -2.37. The number of pyridine rings is 1. The van der Waals surface area contributed by atoms with Crippen LogP contribution in [-0.4, -0.2) is 23.0 Å². The standard InChI is InChI=1S/C18H14Cl2FN3O/c1-24(18(25)23-12-6-7-16(21)15(19)8-12)10-11-9-22-17(20)14-5-3-2-4-13(11)14/h2-9H,10H2,1H3,(H,23,25). The summed E-state index contributed by atoms with van der Waals surface area (Å²) in [5.41, 5.74) is 1.29. The molecular formula is C18H14Cl2FN3O. The van der Waals surface area contributed by atoms with Crippen LogP contribution in [0.15, 0.2) is 48.7 Å². The highest BCUT2D eigenvalue weighted by atomic mass is 35.5. The van der Waals surface area contributed by atoms with Gasteiger partial charge < -0.3 is 10.2 Å². The molecule has 3 rings (SSSR count). The number of benzene rings is 2. The molecule has 0 fully saturated rings. The summed E-state index contributed by atoms with van der Waals surface area (Å²) in [6.45, 7) is 0.339. The van der Waals surface area contributed by atoms with Gasteiger partial charge in [-0.15, -0.1) is 0 Å². The van der Waals surface area contributed by atoms with E-state index in [9.17, 15) is 9.18 Å². The molecule has 0 saturated heterocycles. The maximum Gasteiger partial charge on any atom is 0.321 e. The Morgan fingerprint density at radius 1 is 1.20 bits per heavy atom. The van der Waals surface area contributed by atoms with Gasteiger partial charge in [0.05, 0.1) is 5.02 Å². The van der Waals surface area contributed by atoms with Crippen LogP contribution >= 0.6 is 23.2 Å². The Bertz CT molecular complexity index is 949. The Morgan fingerprint density at radius 3 is 2.64 bits per heavy atom. The van der Waals surface area contributed by atoms with E-state index >= 15 is 0 Å². The average Bonchev–Trinajstić information content (AvgIpc) is 2.60. The van der Waals surface area contributed by atoms with Crippen molar-refractivity contribution >= 4 is 45.7 Å². The summed E-state index contributed by atoms with van der Waals surface area (Å²) in [6.07, 6.45) is 1.66. The molecule has 0 spiro atoms. The van der Waals surface area contributed by atoms with E-state index in [1.54, 1.807) is 13.2 Å². The van der Waals surface area contributed by atoms with Gasteiger partial charge in [-0.1, -0.05) is 47.5 Å². The molecule has 0 saturated carbocycles. The maximum atomic E-state index is 13.2. The fraction of sp³-hybridized carbons (Fsp3) is 0.111. The highest BCUT2D eigenvalue weighted by Crippen LogP contribution is 2.25. The summed E-state index contributed by atoms with van der Waals surface area (Å²) in [7, 11) is 1.66. The first kappa shape index (κ1) is 17.5. The molecule has 3 aromatic rings. The summed E-state index contributed by atoms with van der Waals surface area (Å²) >= 11 is 11.8. The van der Waals surface area contributed by atoms with E-state index in [0.717, 1.165) is 16.3 Å². The maximum absolute atomic E-state index is 13.2. The SMILES string of the molecule is CN(Cc1cnc(Cl)c2ccccc12)C(=O)Nc1ccc(F)c(Cl)c1. The summed E-state index contributed by atoms with van der Waals surface area (Å²) in [4.78, 5) is 18.0. The summed E-state index contributed by atoms with van der Waals surface area (Å²) in [5.74, 6) is -0.535. The van der Waals surface area contributed by atoms with Crippen LogP contribution in [-0.2, 0) is 6.54 Å². The van der Waals surface area contributed by atoms with E-state index in [2.05, 4.69) is 10.3 Å². The van der Waals surface area contributed by atoms with Crippen molar-refractivity contribution in [2.75, 3.05) is 12.4 Å². The van der Waals surface area contributed by atoms with Crippen LogP contribution in [0.2, 0.25) is 10.2 Å². The summed E-state index contributed by atoms with van der Waals surface area (Å²) < 4.78 is 13.2. The van der Waals surface area contributed by atoms with Gasteiger partial charge in [0.1, 0.15) is 11.0 Å². The first-order chi connectivity index (χ1) is 12.0. The number of hydrogen-bond acceptors (Lipinski definition) is 2. The largest absolute Gasteiger partial charge is 0.323 e. The van der Waals surface area contributed by atoms with Crippen molar-refractivity contribution < 1.29 is 9.18 Å². The number of urea groups is 1. The van der Waals surface area contributed by atoms with Gasteiger partial charge >= 0.3 is 6.03 Å². The molecule has 0 radical (unpaired) electrons. The molecule has 2 amide bonds. The molecule has 0 bridgehead atoms. The van der Waals surface area contributed by atoms with Gasteiger partial charge in [0.25, 0.3) is 0 Å². The lowest BCUT2D eigenvalue weighted by molar-refractivity contribution is 0.221. The quantitative estimate of drug-likeness (QED) is 0.625. The Kier molecular flexibility index (Phi) is 5.06. The summed E-state index contributed by atoms with van der Waals surface area (Å²) in [5, 5.41) is 4.83. The number of hydrogen-bond donors (Lipinski definition) is 1. The number of fused-ring (bicyclic) bond motifs is 1. The zero-order chi connectivity index (χ0) is 18.0. The van der Waals surface area contributed by atoms with Crippen LogP contribution in [0.25, 0.3) is 10.8 Å². The highest BCUT2D eigenvalue weighted by Gasteiger charge is 2.13. The number of anilines is 1. The van der Waals surface area contributed by atoms with Crippen molar-refractivity contribution in [2.24, 2.45) is 0 Å². The third-order valence-electron chi connectivity index (χ3n) is 3.75. The topological polar surface area (TPSA) is 45.2 Å². The van der Waals surface area contributed by atoms with E-state index in [4.69, 9.17) is 23.2 Å². The molecule has 4 nitrogen and oxygen atoms in total. The van der Waals surface area contributed by atoms with Gasteiger partial charge in [0, 0.05) is 30.9 Å². The van der Waals surface area contributed by atoms with Crippen LogP contribution in [0.1, 0.15) is 5.56 Å². The second-order valence-corrected chi connectivity index (χ2v) is 6.30. The molecule has 0 aliphatic rings. The average molecular weight is 378 g/mol. The third-order valence-corrected chi connectivity index (χ3v) is 4.34. The fourth-order valence-electron chi connectivity index (χ4n) is 2.46. The first-order valence-electron chi connectivity index (χ1n) is 7.45. The third kappa shape index (κ3) is 3.83. The van der Waals surface area contributed by atoms with E-state index in [1.807, 2.05) is 24.3 Å². The van der Waals surface area contributed by atoms with Crippen LogP contribution in [0.3, 0.4) is 0 Å². The van der Waals surface area contributed by atoms with Crippen molar-refractivity contribution in [1.29, 1.82) is 0 Å². The molecule has 0 aliphatic carbocycles. The first-order valence-corrected chi connectivity index (χ1v) is 8.20. The predicted molar refractivity (Wildman–Crippen MR) is 98.6 cm³/mol. The predicted octanol–water partition coefficient (Wildman–Crippen LogP) is 5.34. The number of nitrogens with one attached hydrogen (secondary N) is 1. The highest BCUT2D eigenvalue weighted by molar-refractivity contribution is 6.34. The van der Waals surface area contributed by atoms with Crippen molar-refractivity contribution in [3.05, 3.63) is 70.2 Å². The molecule has 25 heavy (non-hydrogen) atoms. The Balaban J connectivity index is 1.78. The lowest BCUT2D eigenvalue weighted by Crippen LogP contribution is -2.31. The van der Waals surface area contributed by atoms with Gasteiger partial charge in [-0.25, -0.2) is 14.2 Å². The normalized spacial score (nSPS) is 10.7.